The van der Waals surface area contributed by atoms with Gasteiger partial charge in [-0.2, -0.15) is 13.2 Å². The molecule has 2 aromatic carbocycles. The fraction of sp³-hybridized carbons (Fsp3) is 0.188. The molecule has 128 valence electrons. The molecule has 0 saturated carbocycles. The predicted molar refractivity (Wildman–Crippen MR) is 81.6 cm³/mol. The Balaban J connectivity index is 2.07. The molecule has 1 amide bonds. The quantitative estimate of drug-likeness (QED) is 0.786. The highest BCUT2D eigenvalue weighted by Gasteiger charge is 2.33. The Morgan fingerprint density at radius 2 is 1.79 bits per heavy atom. The highest BCUT2D eigenvalue weighted by atomic mass is 35.5. The number of ether oxygens (including phenoxy) is 1. The molecule has 8 heteroatoms. The van der Waals surface area contributed by atoms with Gasteiger partial charge in [0.15, 0.2) is 6.10 Å². The Kier molecular flexibility index (Phi) is 5.33. The van der Waals surface area contributed by atoms with E-state index in [9.17, 15) is 22.4 Å². The number of carbonyl (C=O) groups is 1. The van der Waals surface area contributed by atoms with Gasteiger partial charge in [0.1, 0.15) is 11.6 Å². The van der Waals surface area contributed by atoms with Crippen LogP contribution in [0.1, 0.15) is 12.5 Å². The summed E-state index contributed by atoms with van der Waals surface area (Å²) in [5.41, 5.74) is -1.11. The Morgan fingerprint density at radius 1 is 1.17 bits per heavy atom. The Morgan fingerprint density at radius 3 is 2.38 bits per heavy atom. The van der Waals surface area contributed by atoms with Crippen LogP contribution in [-0.4, -0.2) is 12.0 Å². The molecule has 0 aromatic heterocycles. The van der Waals surface area contributed by atoms with E-state index in [1.165, 1.54) is 25.1 Å². The molecule has 0 aliphatic rings. The molecule has 0 fully saturated rings. The summed E-state index contributed by atoms with van der Waals surface area (Å²) in [5, 5.41) is 1.85. The topological polar surface area (TPSA) is 38.3 Å². The lowest BCUT2D eigenvalue weighted by Crippen LogP contribution is -2.30. The Labute approximate surface area is 140 Å². The van der Waals surface area contributed by atoms with Crippen LogP contribution in [0.15, 0.2) is 42.5 Å². The summed E-state index contributed by atoms with van der Waals surface area (Å²) in [4.78, 5) is 12.0. The molecule has 24 heavy (non-hydrogen) atoms. The molecule has 1 N–H and O–H groups in total. The first-order chi connectivity index (χ1) is 11.2. The minimum atomic E-state index is -4.63. The van der Waals surface area contributed by atoms with Crippen molar-refractivity contribution in [3.05, 3.63) is 58.9 Å². The largest absolute Gasteiger partial charge is 0.481 e. The zero-order valence-electron chi connectivity index (χ0n) is 12.3. The van der Waals surface area contributed by atoms with Gasteiger partial charge in [0.05, 0.1) is 10.6 Å². The lowest BCUT2D eigenvalue weighted by Gasteiger charge is -2.16. The first-order valence-electron chi connectivity index (χ1n) is 6.76. The highest BCUT2D eigenvalue weighted by Crippen LogP contribution is 2.36. The van der Waals surface area contributed by atoms with Crippen LogP contribution in [0.4, 0.5) is 23.2 Å². The number of halogens is 5. The molecular formula is C16H12ClF4NO2. The maximum atomic E-state index is 12.8. The number of carbonyl (C=O) groups excluding carboxylic acids is 1. The third kappa shape index (κ3) is 4.61. The van der Waals surface area contributed by atoms with E-state index in [1.807, 2.05) is 0 Å². The second-order valence-corrected chi connectivity index (χ2v) is 5.30. The molecule has 3 nitrogen and oxygen atoms in total. The van der Waals surface area contributed by atoms with E-state index < -0.39 is 34.6 Å². The maximum Gasteiger partial charge on any atom is 0.417 e. The lowest BCUT2D eigenvalue weighted by molar-refractivity contribution is -0.137. The molecule has 1 atom stereocenters. The van der Waals surface area contributed by atoms with Crippen LogP contribution in [0.3, 0.4) is 0 Å². The summed E-state index contributed by atoms with van der Waals surface area (Å²) in [6, 6.07) is 8.03. The van der Waals surface area contributed by atoms with Gasteiger partial charge in [-0.3, -0.25) is 4.79 Å². The molecular weight excluding hydrogens is 350 g/mol. The third-order valence-corrected chi connectivity index (χ3v) is 3.36. The smallest absolute Gasteiger partial charge is 0.417 e. The van der Waals surface area contributed by atoms with Crippen molar-refractivity contribution < 1.29 is 27.1 Å². The minimum Gasteiger partial charge on any atom is -0.481 e. The van der Waals surface area contributed by atoms with Crippen molar-refractivity contribution >= 4 is 23.2 Å². The van der Waals surface area contributed by atoms with Gasteiger partial charge in [-0.1, -0.05) is 11.6 Å². The summed E-state index contributed by atoms with van der Waals surface area (Å²) in [6.45, 7) is 1.42. The number of benzene rings is 2. The van der Waals surface area contributed by atoms with Crippen molar-refractivity contribution in [1.82, 2.24) is 0 Å². The molecule has 0 radical (unpaired) electrons. The van der Waals surface area contributed by atoms with Crippen molar-refractivity contribution in [2.75, 3.05) is 5.32 Å². The molecule has 0 bridgehead atoms. The summed E-state index contributed by atoms with van der Waals surface area (Å²) < 4.78 is 56.5. The average Bonchev–Trinajstić information content (AvgIpc) is 2.50. The number of nitrogens with one attached hydrogen (secondary N) is 1. The second kappa shape index (κ2) is 7.09. The maximum absolute atomic E-state index is 12.8. The normalized spacial score (nSPS) is 12.6. The molecule has 0 spiro atoms. The number of alkyl halides is 3. The molecule has 0 heterocycles. The van der Waals surface area contributed by atoms with Gasteiger partial charge in [0.2, 0.25) is 0 Å². The summed E-state index contributed by atoms with van der Waals surface area (Å²) in [7, 11) is 0. The molecule has 2 rings (SSSR count). The monoisotopic (exact) mass is 361 g/mol. The van der Waals surface area contributed by atoms with Crippen LogP contribution in [0.25, 0.3) is 0 Å². The van der Waals surface area contributed by atoms with Crippen LogP contribution >= 0.6 is 11.6 Å². The number of anilines is 1. The van der Waals surface area contributed by atoms with Crippen molar-refractivity contribution in [3.8, 4) is 5.75 Å². The SMILES string of the molecule is CC(Oc1ccc(F)cc1)C(=O)Nc1ccc(Cl)c(C(F)(F)F)c1. The Bertz CT molecular complexity index is 732. The second-order valence-electron chi connectivity index (χ2n) is 4.90. The lowest BCUT2D eigenvalue weighted by atomic mass is 10.2. The highest BCUT2D eigenvalue weighted by molar-refractivity contribution is 6.31. The van der Waals surface area contributed by atoms with Gasteiger partial charge in [-0.25, -0.2) is 4.39 Å². The van der Waals surface area contributed by atoms with Crippen molar-refractivity contribution in [2.24, 2.45) is 0 Å². The van der Waals surface area contributed by atoms with E-state index in [1.54, 1.807) is 0 Å². The summed E-state index contributed by atoms with van der Waals surface area (Å²) >= 11 is 5.51. The molecule has 0 saturated heterocycles. The molecule has 1 unspecified atom stereocenters. The minimum absolute atomic E-state index is 0.0636. The van der Waals surface area contributed by atoms with E-state index in [-0.39, 0.29) is 11.4 Å². The number of amides is 1. The predicted octanol–water partition coefficient (Wildman–Crippen LogP) is 4.90. The van der Waals surface area contributed by atoms with Gasteiger partial charge in [-0.05, 0) is 49.4 Å². The zero-order chi connectivity index (χ0) is 17.9. The van der Waals surface area contributed by atoms with Crippen LogP contribution in [0, 0.1) is 5.82 Å². The number of rotatable bonds is 4. The standard InChI is InChI=1S/C16H12ClF4NO2/c1-9(24-12-5-2-10(18)3-6-12)15(23)22-11-4-7-14(17)13(8-11)16(19,20)21/h2-9H,1H3,(H,22,23). The number of hydrogen-bond donors (Lipinski definition) is 1. The first-order valence-corrected chi connectivity index (χ1v) is 7.14. The van der Waals surface area contributed by atoms with Crippen LogP contribution in [0.2, 0.25) is 5.02 Å². The average molecular weight is 362 g/mol. The fourth-order valence-electron chi connectivity index (χ4n) is 1.83. The van der Waals surface area contributed by atoms with Gasteiger partial charge >= 0.3 is 6.18 Å². The number of hydrogen-bond acceptors (Lipinski definition) is 2. The summed E-state index contributed by atoms with van der Waals surface area (Å²) in [5.74, 6) is -0.860. The van der Waals surface area contributed by atoms with Gasteiger partial charge in [0.25, 0.3) is 5.91 Å². The molecule has 0 aliphatic heterocycles. The van der Waals surface area contributed by atoms with E-state index >= 15 is 0 Å². The third-order valence-electron chi connectivity index (χ3n) is 3.04. The van der Waals surface area contributed by atoms with E-state index in [0.717, 1.165) is 24.3 Å². The van der Waals surface area contributed by atoms with Gasteiger partial charge in [-0.15, -0.1) is 0 Å². The van der Waals surface area contributed by atoms with Crippen LogP contribution < -0.4 is 10.1 Å². The van der Waals surface area contributed by atoms with Crippen molar-refractivity contribution in [1.29, 1.82) is 0 Å². The van der Waals surface area contributed by atoms with Crippen LogP contribution in [-0.2, 0) is 11.0 Å². The fourth-order valence-corrected chi connectivity index (χ4v) is 2.06. The van der Waals surface area contributed by atoms with Gasteiger partial charge < -0.3 is 10.1 Å². The summed E-state index contributed by atoms with van der Waals surface area (Å²) in [6.07, 6.45) is -5.63. The van der Waals surface area contributed by atoms with E-state index in [2.05, 4.69) is 5.32 Å². The van der Waals surface area contributed by atoms with Gasteiger partial charge in [0, 0.05) is 5.69 Å². The van der Waals surface area contributed by atoms with E-state index in [4.69, 9.17) is 16.3 Å². The first kappa shape index (κ1) is 18.1. The van der Waals surface area contributed by atoms with E-state index in [0.29, 0.717) is 0 Å². The molecule has 0 aliphatic carbocycles. The van der Waals surface area contributed by atoms with Crippen molar-refractivity contribution in [2.45, 2.75) is 19.2 Å². The van der Waals surface area contributed by atoms with Crippen LogP contribution in [0.5, 0.6) is 5.75 Å². The Hall–Kier alpha value is -2.28. The molecule has 2 aromatic rings. The van der Waals surface area contributed by atoms with Crippen molar-refractivity contribution in [3.63, 3.8) is 0 Å². The zero-order valence-corrected chi connectivity index (χ0v) is 13.1.